The number of halogens is 1. The van der Waals surface area contributed by atoms with E-state index in [4.69, 9.17) is 4.74 Å². The third-order valence-corrected chi connectivity index (χ3v) is 2.64. The lowest BCUT2D eigenvalue weighted by molar-refractivity contribution is -0.132. The molecule has 1 amide bonds. The minimum Gasteiger partial charge on any atom is -0.365 e. The van der Waals surface area contributed by atoms with Gasteiger partial charge >= 0.3 is 0 Å². The van der Waals surface area contributed by atoms with Crippen LogP contribution in [0.25, 0.3) is 0 Å². The molecule has 0 bridgehead atoms. The number of hydrogen-bond donors (Lipinski definition) is 1. The summed E-state index contributed by atoms with van der Waals surface area (Å²) in [7, 11) is 1.57. The number of pyridine rings is 1. The second kappa shape index (κ2) is 5.09. The van der Waals surface area contributed by atoms with Crippen molar-refractivity contribution >= 4 is 11.7 Å². The molecule has 1 atom stereocenters. The molecule has 1 fully saturated rings. The molecule has 5 nitrogen and oxygen atoms in total. The summed E-state index contributed by atoms with van der Waals surface area (Å²) in [5.41, 5.74) is 0. The maximum Gasteiger partial charge on any atom is 0.250 e. The number of nitrogens with zero attached hydrogens (tertiary/aromatic N) is 2. The number of morpholine rings is 1. The van der Waals surface area contributed by atoms with Gasteiger partial charge in [-0.25, -0.2) is 9.37 Å². The van der Waals surface area contributed by atoms with E-state index in [1.165, 1.54) is 12.3 Å². The second-order valence-corrected chi connectivity index (χ2v) is 3.75. The fourth-order valence-electron chi connectivity index (χ4n) is 1.73. The molecule has 17 heavy (non-hydrogen) atoms. The molecule has 1 aromatic rings. The topological polar surface area (TPSA) is 54.5 Å². The van der Waals surface area contributed by atoms with Crippen molar-refractivity contribution in [2.24, 2.45) is 0 Å². The highest BCUT2D eigenvalue weighted by atomic mass is 19.1. The summed E-state index contributed by atoms with van der Waals surface area (Å²) in [5, 5.41) is 2.54. The van der Waals surface area contributed by atoms with Gasteiger partial charge in [-0.1, -0.05) is 0 Å². The molecule has 1 N–H and O–H groups in total. The molecule has 0 aliphatic carbocycles. The summed E-state index contributed by atoms with van der Waals surface area (Å²) in [4.78, 5) is 17.3. The minimum atomic E-state index is -0.499. The van der Waals surface area contributed by atoms with E-state index in [0.717, 1.165) is 0 Å². The van der Waals surface area contributed by atoms with Crippen molar-refractivity contribution < 1.29 is 13.9 Å². The summed E-state index contributed by atoms with van der Waals surface area (Å²) in [6, 6.07) is 2.95. The van der Waals surface area contributed by atoms with Crippen LogP contribution in [0, 0.1) is 5.82 Å². The number of amides is 1. The fraction of sp³-hybridized carbons (Fsp3) is 0.455. The van der Waals surface area contributed by atoms with E-state index in [2.05, 4.69) is 10.3 Å². The fourth-order valence-corrected chi connectivity index (χ4v) is 1.73. The Morgan fingerprint density at radius 2 is 2.47 bits per heavy atom. The van der Waals surface area contributed by atoms with Crippen LogP contribution in [0.2, 0.25) is 0 Å². The van der Waals surface area contributed by atoms with Crippen molar-refractivity contribution in [3.8, 4) is 0 Å². The number of likely N-dealkylation sites (N-methyl/N-ethyl adjacent to an activating group) is 1. The zero-order valence-electron chi connectivity index (χ0n) is 9.52. The first-order valence-electron chi connectivity index (χ1n) is 5.40. The zero-order chi connectivity index (χ0) is 12.3. The van der Waals surface area contributed by atoms with Crippen molar-refractivity contribution in [2.75, 3.05) is 31.6 Å². The molecule has 0 saturated carbocycles. The van der Waals surface area contributed by atoms with Crippen LogP contribution < -0.4 is 10.2 Å². The van der Waals surface area contributed by atoms with Crippen LogP contribution in [0.5, 0.6) is 0 Å². The molecular formula is C11H14FN3O2. The van der Waals surface area contributed by atoms with E-state index >= 15 is 0 Å². The van der Waals surface area contributed by atoms with E-state index in [-0.39, 0.29) is 11.7 Å². The van der Waals surface area contributed by atoms with Gasteiger partial charge in [0.05, 0.1) is 19.3 Å². The van der Waals surface area contributed by atoms with Crippen molar-refractivity contribution in [1.82, 2.24) is 10.3 Å². The maximum absolute atomic E-state index is 12.7. The van der Waals surface area contributed by atoms with Gasteiger partial charge in [-0.15, -0.1) is 0 Å². The molecule has 0 aromatic carbocycles. The molecule has 1 aliphatic heterocycles. The van der Waals surface area contributed by atoms with Gasteiger partial charge in [-0.2, -0.15) is 0 Å². The number of hydrogen-bond acceptors (Lipinski definition) is 4. The Bertz CT molecular complexity index is 396. The van der Waals surface area contributed by atoms with Crippen LogP contribution in [-0.4, -0.2) is 43.7 Å². The van der Waals surface area contributed by atoms with Crippen LogP contribution >= 0.6 is 0 Å². The Kier molecular flexibility index (Phi) is 3.53. The zero-order valence-corrected chi connectivity index (χ0v) is 9.52. The Morgan fingerprint density at radius 1 is 1.65 bits per heavy atom. The van der Waals surface area contributed by atoms with E-state index in [1.807, 2.05) is 4.90 Å². The molecule has 2 rings (SSSR count). The van der Waals surface area contributed by atoms with Crippen LogP contribution in [0.3, 0.4) is 0 Å². The number of anilines is 1. The van der Waals surface area contributed by atoms with Crippen LogP contribution in [0.15, 0.2) is 18.3 Å². The summed E-state index contributed by atoms with van der Waals surface area (Å²) >= 11 is 0. The average Bonchev–Trinajstić information content (AvgIpc) is 2.39. The largest absolute Gasteiger partial charge is 0.365 e. The highest BCUT2D eigenvalue weighted by Gasteiger charge is 2.26. The van der Waals surface area contributed by atoms with Gasteiger partial charge in [-0.05, 0) is 12.1 Å². The van der Waals surface area contributed by atoms with Crippen LogP contribution in [0.4, 0.5) is 10.2 Å². The predicted octanol–water partition coefficient (Wildman–Crippen LogP) is 0.172. The molecule has 92 valence electrons. The van der Waals surface area contributed by atoms with Gasteiger partial charge in [0.25, 0.3) is 5.91 Å². The van der Waals surface area contributed by atoms with E-state index in [0.29, 0.717) is 25.5 Å². The second-order valence-electron chi connectivity index (χ2n) is 3.75. The molecule has 0 radical (unpaired) electrons. The molecule has 0 unspecified atom stereocenters. The summed E-state index contributed by atoms with van der Waals surface area (Å²) in [6.45, 7) is 1.53. The molecule has 1 aromatic heterocycles. The Balaban J connectivity index is 2.06. The first-order valence-corrected chi connectivity index (χ1v) is 5.40. The standard InChI is InChI=1S/C11H14FN3O2/c1-13-11(16)9-7-15(4-5-17-9)10-3-2-8(12)6-14-10/h2-3,6,9H,4-5,7H2,1H3,(H,13,16)/t9-/m0/s1. The monoisotopic (exact) mass is 239 g/mol. The first-order chi connectivity index (χ1) is 8.20. The van der Waals surface area contributed by atoms with Gasteiger partial charge in [0, 0.05) is 13.6 Å². The first kappa shape index (κ1) is 11.8. The summed E-state index contributed by atoms with van der Waals surface area (Å²) < 4.78 is 18.1. The van der Waals surface area contributed by atoms with Crippen molar-refractivity contribution in [2.45, 2.75) is 6.10 Å². The molecule has 6 heteroatoms. The highest BCUT2D eigenvalue weighted by molar-refractivity contribution is 5.81. The number of ether oxygens (including phenoxy) is 1. The summed E-state index contributed by atoms with van der Waals surface area (Å²) in [6.07, 6.45) is 0.667. The Hall–Kier alpha value is -1.69. The van der Waals surface area contributed by atoms with Crippen molar-refractivity contribution in [3.63, 3.8) is 0 Å². The van der Waals surface area contributed by atoms with Crippen LogP contribution in [-0.2, 0) is 9.53 Å². The minimum absolute atomic E-state index is 0.156. The normalized spacial score (nSPS) is 20.1. The summed E-state index contributed by atoms with van der Waals surface area (Å²) in [5.74, 6) is 0.130. The molecular weight excluding hydrogens is 225 g/mol. The number of rotatable bonds is 2. The smallest absolute Gasteiger partial charge is 0.250 e. The van der Waals surface area contributed by atoms with E-state index in [9.17, 15) is 9.18 Å². The quantitative estimate of drug-likeness (QED) is 0.799. The van der Waals surface area contributed by atoms with Gasteiger partial charge in [0.15, 0.2) is 6.10 Å². The van der Waals surface area contributed by atoms with Crippen LogP contribution in [0.1, 0.15) is 0 Å². The number of nitrogens with one attached hydrogen (secondary N) is 1. The SMILES string of the molecule is CNC(=O)[C@@H]1CN(c2ccc(F)cn2)CCO1. The number of carbonyl (C=O) groups excluding carboxylic acids is 1. The number of carbonyl (C=O) groups is 1. The van der Waals surface area contributed by atoms with Gasteiger partial charge < -0.3 is 15.0 Å². The highest BCUT2D eigenvalue weighted by Crippen LogP contribution is 2.15. The van der Waals surface area contributed by atoms with Gasteiger partial charge in [0.1, 0.15) is 11.6 Å². The molecule has 2 heterocycles. The molecule has 1 aliphatic rings. The Morgan fingerprint density at radius 3 is 3.12 bits per heavy atom. The Labute approximate surface area is 98.6 Å². The van der Waals surface area contributed by atoms with E-state index < -0.39 is 6.10 Å². The molecule has 1 saturated heterocycles. The lowest BCUT2D eigenvalue weighted by Gasteiger charge is -2.32. The lowest BCUT2D eigenvalue weighted by Crippen LogP contribution is -2.49. The lowest BCUT2D eigenvalue weighted by atomic mass is 10.2. The predicted molar refractivity (Wildman–Crippen MR) is 60.2 cm³/mol. The third-order valence-electron chi connectivity index (χ3n) is 2.64. The maximum atomic E-state index is 12.7. The van der Waals surface area contributed by atoms with Crippen molar-refractivity contribution in [3.05, 3.63) is 24.1 Å². The average molecular weight is 239 g/mol. The van der Waals surface area contributed by atoms with Gasteiger partial charge in [-0.3, -0.25) is 4.79 Å². The molecule has 0 spiro atoms. The number of aromatic nitrogens is 1. The van der Waals surface area contributed by atoms with Crippen molar-refractivity contribution in [1.29, 1.82) is 0 Å². The van der Waals surface area contributed by atoms with Gasteiger partial charge in [0.2, 0.25) is 0 Å². The third kappa shape index (κ3) is 2.71. The van der Waals surface area contributed by atoms with E-state index in [1.54, 1.807) is 13.1 Å².